The van der Waals surface area contributed by atoms with Crippen LogP contribution in [0, 0.1) is 0 Å². The molecule has 142 valence electrons. The highest BCUT2D eigenvalue weighted by atomic mass is 32.1. The molecule has 3 aromatic heterocycles. The lowest BCUT2D eigenvalue weighted by Gasteiger charge is -2.18. The number of anilines is 1. The highest BCUT2D eigenvalue weighted by molar-refractivity contribution is 7.21. The smallest absolute Gasteiger partial charge is 0.222 e. The maximum absolute atomic E-state index is 12.1. The number of carbonyl (C=O) groups is 1. The van der Waals surface area contributed by atoms with Crippen LogP contribution in [0.15, 0.2) is 65.5 Å². The summed E-state index contributed by atoms with van der Waals surface area (Å²) < 4.78 is 5.22. The first kappa shape index (κ1) is 18.2. The van der Waals surface area contributed by atoms with Crippen LogP contribution in [0.25, 0.3) is 20.7 Å². The minimum absolute atomic E-state index is 0.0242. The Morgan fingerprint density at radius 2 is 2.04 bits per heavy atom. The van der Waals surface area contributed by atoms with Gasteiger partial charge in [0.25, 0.3) is 0 Å². The van der Waals surface area contributed by atoms with Gasteiger partial charge in [-0.2, -0.15) is 0 Å². The lowest BCUT2D eigenvalue weighted by molar-refractivity contribution is -0.121. The average molecular weight is 392 g/mol. The van der Waals surface area contributed by atoms with Crippen LogP contribution < -0.4 is 10.2 Å². The first-order chi connectivity index (χ1) is 13.7. The number of rotatable bonds is 7. The SMILES string of the molecule is CN(CCC(=O)NCc1ccco1)c1ncnc2sc(-c3ccccc3)cc12. The molecule has 1 aromatic carbocycles. The summed E-state index contributed by atoms with van der Waals surface area (Å²) in [6, 6.07) is 16.0. The first-order valence-corrected chi connectivity index (χ1v) is 9.82. The molecule has 28 heavy (non-hydrogen) atoms. The predicted octanol–water partition coefficient (Wildman–Crippen LogP) is 4.09. The molecule has 1 N–H and O–H groups in total. The van der Waals surface area contributed by atoms with Crippen molar-refractivity contribution < 1.29 is 9.21 Å². The van der Waals surface area contributed by atoms with Crippen molar-refractivity contribution in [2.24, 2.45) is 0 Å². The number of thiophene rings is 1. The molecule has 0 saturated heterocycles. The van der Waals surface area contributed by atoms with Gasteiger partial charge >= 0.3 is 0 Å². The van der Waals surface area contributed by atoms with Gasteiger partial charge in [0.2, 0.25) is 5.91 Å². The molecule has 3 heterocycles. The van der Waals surface area contributed by atoms with Crippen LogP contribution >= 0.6 is 11.3 Å². The quantitative estimate of drug-likeness (QED) is 0.513. The third kappa shape index (κ3) is 4.04. The van der Waals surface area contributed by atoms with E-state index in [0.29, 0.717) is 19.5 Å². The Morgan fingerprint density at radius 3 is 2.82 bits per heavy atom. The second-order valence-electron chi connectivity index (χ2n) is 6.42. The lowest BCUT2D eigenvalue weighted by atomic mass is 10.2. The molecule has 7 heteroatoms. The molecule has 4 rings (SSSR count). The van der Waals surface area contributed by atoms with Crippen molar-refractivity contribution in [2.75, 3.05) is 18.5 Å². The van der Waals surface area contributed by atoms with Crippen LogP contribution in [0.5, 0.6) is 0 Å². The number of aromatic nitrogens is 2. The fourth-order valence-electron chi connectivity index (χ4n) is 2.95. The molecule has 4 aromatic rings. The summed E-state index contributed by atoms with van der Waals surface area (Å²) >= 11 is 1.65. The van der Waals surface area contributed by atoms with Gasteiger partial charge in [0.05, 0.1) is 18.2 Å². The predicted molar refractivity (Wildman–Crippen MR) is 111 cm³/mol. The molecule has 0 unspecified atom stereocenters. The summed E-state index contributed by atoms with van der Waals surface area (Å²) in [5.41, 5.74) is 1.16. The van der Waals surface area contributed by atoms with E-state index in [4.69, 9.17) is 4.42 Å². The zero-order valence-corrected chi connectivity index (χ0v) is 16.3. The minimum Gasteiger partial charge on any atom is -0.467 e. The fourth-order valence-corrected chi connectivity index (χ4v) is 3.95. The highest BCUT2D eigenvalue weighted by Crippen LogP contribution is 2.35. The van der Waals surface area contributed by atoms with Gasteiger partial charge in [-0.1, -0.05) is 30.3 Å². The molecule has 0 aliphatic rings. The maximum atomic E-state index is 12.1. The van der Waals surface area contributed by atoms with Crippen LogP contribution in [0.3, 0.4) is 0 Å². The van der Waals surface area contributed by atoms with E-state index in [1.54, 1.807) is 30.0 Å². The monoisotopic (exact) mass is 392 g/mol. The molecule has 0 radical (unpaired) electrons. The molecule has 0 spiro atoms. The van der Waals surface area contributed by atoms with Gasteiger partial charge in [0.15, 0.2) is 0 Å². The number of carbonyl (C=O) groups excluding carboxylic acids is 1. The molecule has 0 aliphatic carbocycles. The molecule has 6 nitrogen and oxygen atoms in total. The molecular weight excluding hydrogens is 372 g/mol. The van der Waals surface area contributed by atoms with Crippen molar-refractivity contribution in [3.8, 4) is 10.4 Å². The number of nitrogens with one attached hydrogen (secondary N) is 1. The fraction of sp³-hybridized carbons (Fsp3) is 0.190. The molecule has 0 bridgehead atoms. The van der Waals surface area contributed by atoms with Crippen molar-refractivity contribution >= 4 is 33.3 Å². The second-order valence-corrected chi connectivity index (χ2v) is 7.45. The van der Waals surface area contributed by atoms with Crippen molar-refractivity contribution in [1.29, 1.82) is 0 Å². The van der Waals surface area contributed by atoms with E-state index in [2.05, 4.69) is 33.5 Å². The highest BCUT2D eigenvalue weighted by Gasteiger charge is 2.14. The van der Waals surface area contributed by atoms with Gasteiger partial charge in [-0.25, -0.2) is 9.97 Å². The number of nitrogens with zero attached hydrogens (tertiary/aromatic N) is 3. The Hall–Kier alpha value is -3.19. The summed E-state index contributed by atoms with van der Waals surface area (Å²) in [4.78, 5) is 25.1. The van der Waals surface area contributed by atoms with Crippen LogP contribution in [0.4, 0.5) is 5.82 Å². The summed E-state index contributed by atoms with van der Waals surface area (Å²) in [5, 5.41) is 3.87. The Bertz CT molecular complexity index is 1060. The zero-order valence-electron chi connectivity index (χ0n) is 15.5. The summed E-state index contributed by atoms with van der Waals surface area (Å²) in [6.07, 6.45) is 3.55. The Labute approximate surface area is 166 Å². The molecule has 0 fully saturated rings. The van der Waals surface area contributed by atoms with Crippen LogP contribution in [0.1, 0.15) is 12.2 Å². The minimum atomic E-state index is -0.0242. The lowest BCUT2D eigenvalue weighted by Crippen LogP contribution is -2.28. The van der Waals surface area contributed by atoms with Crippen molar-refractivity contribution in [3.63, 3.8) is 0 Å². The van der Waals surface area contributed by atoms with Crippen molar-refractivity contribution in [3.05, 3.63) is 66.9 Å². The van der Waals surface area contributed by atoms with Crippen molar-refractivity contribution in [2.45, 2.75) is 13.0 Å². The van der Waals surface area contributed by atoms with Crippen LogP contribution in [0.2, 0.25) is 0 Å². The number of hydrogen-bond acceptors (Lipinski definition) is 6. The largest absolute Gasteiger partial charge is 0.467 e. The van der Waals surface area contributed by atoms with E-state index in [9.17, 15) is 4.79 Å². The van der Waals surface area contributed by atoms with Crippen LogP contribution in [-0.4, -0.2) is 29.5 Å². The number of amides is 1. The third-order valence-corrected chi connectivity index (χ3v) is 5.53. The summed E-state index contributed by atoms with van der Waals surface area (Å²) in [6.45, 7) is 0.963. The normalized spacial score (nSPS) is 10.9. The average Bonchev–Trinajstić information content (AvgIpc) is 3.40. The molecule has 0 atom stereocenters. The van der Waals surface area contributed by atoms with E-state index in [1.807, 2.05) is 36.2 Å². The topological polar surface area (TPSA) is 71.3 Å². The third-order valence-electron chi connectivity index (χ3n) is 4.44. The molecule has 0 aliphatic heterocycles. The molecule has 1 amide bonds. The number of furan rings is 1. The number of fused-ring (bicyclic) bond motifs is 1. The summed E-state index contributed by atoms with van der Waals surface area (Å²) in [5.74, 6) is 1.55. The second kappa shape index (κ2) is 8.22. The molecule has 0 saturated carbocycles. The van der Waals surface area contributed by atoms with E-state index in [-0.39, 0.29) is 5.91 Å². The van der Waals surface area contributed by atoms with Gasteiger partial charge in [-0.05, 0) is 23.8 Å². The first-order valence-electron chi connectivity index (χ1n) is 9.01. The van der Waals surface area contributed by atoms with Gasteiger partial charge < -0.3 is 14.6 Å². The van der Waals surface area contributed by atoms with Crippen molar-refractivity contribution in [1.82, 2.24) is 15.3 Å². The number of benzene rings is 1. The Morgan fingerprint density at radius 1 is 1.18 bits per heavy atom. The van der Waals surface area contributed by atoms with Gasteiger partial charge in [-0.3, -0.25) is 4.79 Å². The van der Waals surface area contributed by atoms with E-state index >= 15 is 0 Å². The Kier molecular flexibility index (Phi) is 5.34. The zero-order chi connectivity index (χ0) is 19.3. The van der Waals surface area contributed by atoms with Gasteiger partial charge in [0, 0.05) is 24.9 Å². The standard InChI is InChI=1S/C21H20N4O2S/c1-25(10-9-19(26)22-13-16-8-5-11-27-16)20-17-12-18(15-6-3-2-4-7-15)28-21(17)24-14-23-20/h2-8,11-12,14H,9-10,13H2,1H3,(H,22,26). The van der Waals surface area contributed by atoms with Crippen LogP contribution in [-0.2, 0) is 11.3 Å². The molecular formula is C21H20N4O2S. The number of hydrogen-bond donors (Lipinski definition) is 1. The van der Waals surface area contributed by atoms with Gasteiger partial charge in [-0.15, -0.1) is 11.3 Å². The Balaban J connectivity index is 1.44. The maximum Gasteiger partial charge on any atom is 0.222 e. The van der Waals surface area contributed by atoms with Gasteiger partial charge in [0.1, 0.15) is 22.7 Å². The summed E-state index contributed by atoms with van der Waals surface area (Å²) in [7, 11) is 1.95. The van der Waals surface area contributed by atoms with E-state index < -0.39 is 0 Å². The van der Waals surface area contributed by atoms with E-state index in [0.717, 1.165) is 32.2 Å². The van der Waals surface area contributed by atoms with E-state index in [1.165, 1.54) is 0 Å².